The summed E-state index contributed by atoms with van der Waals surface area (Å²) in [6.07, 6.45) is 0.973. The van der Waals surface area contributed by atoms with Crippen molar-refractivity contribution in [2.45, 2.75) is 13.0 Å². The lowest BCUT2D eigenvalue weighted by Gasteiger charge is -2.10. The van der Waals surface area contributed by atoms with Gasteiger partial charge in [0.05, 0.1) is 15.6 Å². The van der Waals surface area contributed by atoms with Crippen LogP contribution in [0.4, 0.5) is 5.69 Å². The monoisotopic (exact) mass is 397 g/mol. The highest BCUT2D eigenvalue weighted by Gasteiger charge is 2.12. The van der Waals surface area contributed by atoms with E-state index in [0.29, 0.717) is 15.5 Å². The number of aromatic hydroxyl groups is 1. The average Bonchev–Trinajstić information content (AvgIpc) is 2.89. The molecule has 0 saturated carbocycles. The number of phenolic OH excluding ortho intramolecular Hbond substituents is 1. The van der Waals surface area contributed by atoms with Crippen molar-refractivity contribution in [3.8, 4) is 11.5 Å². The number of hydrogen-bond donors (Lipinski definition) is 2. The van der Waals surface area contributed by atoms with Crippen molar-refractivity contribution in [2.24, 2.45) is 0 Å². The van der Waals surface area contributed by atoms with Gasteiger partial charge in [0.25, 0.3) is 0 Å². The van der Waals surface area contributed by atoms with Gasteiger partial charge in [-0.15, -0.1) is 0 Å². The Balaban J connectivity index is 1.73. The highest BCUT2D eigenvalue weighted by molar-refractivity contribution is 9.11. The van der Waals surface area contributed by atoms with Crippen LogP contribution in [0.15, 0.2) is 39.3 Å². The number of fused-ring (bicyclic) bond motifs is 1. The van der Waals surface area contributed by atoms with Crippen LogP contribution in [-0.2, 0) is 13.0 Å². The summed E-state index contributed by atoms with van der Waals surface area (Å²) in [5, 5.41) is 13.1. The molecule has 0 atom stereocenters. The predicted molar refractivity (Wildman–Crippen MR) is 86.5 cm³/mol. The summed E-state index contributed by atoms with van der Waals surface area (Å²) >= 11 is 6.68. The topological polar surface area (TPSA) is 41.5 Å². The molecule has 2 N–H and O–H groups in total. The molecule has 104 valence electrons. The largest absolute Gasteiger partial charge is 0.506 e. The second kappa shape index (κ2) is 5.66. The summed E-state index contributed by atoms with van der Waals surface area (Å²) in [6, 6.07) is 9.97. The van der Waals surface area contributed by atoms with Crippen molar-refractivity contribution in [3.05, 3.63) is 50.4 Å². The molecule has 5 heteroatoms. The van der Waals surface area contributed by atoms with Gasteiger partial charge in [-0.3, -0.25) is 0 Å². The molecule has 0 aliphatic carbocycles. The third-order valence-corrected chi connectivity index (χ3v) is 4.47. The molecule has 3 nitrogen and oxygen atoms in total. The minimum Gasteiger partial charge on any atom is -0.506 e. The van der Waals surface area contributed by atoms with Gasteiger partial charge in [-0.2, -0.15) is 0 Å². The van der Waals surface area contributed by atoms with E-state index >= 15 is 0 Å². The average molecular weight is 399 g/mol. The molecule has 0 bridgehead atoms. The van der Waals surface area contributed by atoms with Crippen LogP contribution in [0.25, 0.3) is 0 Å². The van der Waals surface area contributed by atoms with E-state index in [4.69, 9.17) is 4.74 Å². The zero-order valence-electron chi connectivity index (χ0n) is 10.6. The summed E-state index contributed by atoms with van der Waals surface area (Å²) in [5.74, 6) is 1.22. The molecule has 0 amide bonds. The molecule has 0 saturated heterocycles. The third kappa shape index (κ3) is 2.79. The Labute approximate surface area is 134 Å². The van der Waals surface area contributed by atoms with E-state index in [-0.39, 0.29) is 5.75 Å². The Morgan fingerprint density at radius 3 is 2.65 bits per heavy atom. The summed E-state index contributed by atoms with van der Waals surface area (Å²) in [5.41, 5.74) is 3.41. The molecule has 0 unspecified atom stereocenters. The van der Waals surface area contributed by atoms with Crippen molar-refractivity contribution in [2.75, 3.05) is 11.9 Å². The summed E-state index contributed by atoms with van der Waals surface area (Å²) in [7, 11) is 0. The van der Waals surface area contributed by atoms with Gasteiger partial charge >= 0.3 is 0 Å². The number of nitrogens with one attached hydrogen (secondary N) is 1. The van der Waals surface area contributed by atoms with Gasteiger partial charge in [-0.25, -0.2) is 0 Å². The third-order valence-electron chi connectivity index (χ3n) is 3.26. The molecule has 3 rings (SSSR count). The fourth-order valence-corrected chi connectivity index (χ4v) is 3.50. The van der Waals surface area contributed by atoms with Gasteiger partial charge in [0.2, 0.25) is 0 Å². The maximum Gasteiger partial charge on any atom is 0.143 e. The molecule has 0 aromatic heterocycles. The number of rotatable bonds is 3. The number of halogens is 2. The van der Waals surface area contributed by atoms with Crippen LogP contribution in [-0.4, -0.2) is 11.7 Å². The summed E-state index contributed by atoms with van der Waals surface area (Å²) < 4.78 is 6.87. The van der Waals surface area contributed by atoms with E-state index in [9.17, 15) is 5.11 Å². The first-order valence-corrected chi connectivity index (χ1v) is 7.88. The van der Waals surface area contributed by atoms with E-state index in [0.717, 1.165) is 30.0 Å². The Morgan fingerprint density at radius 1 is 1.15 bits per heavy atom. The van der Waals surface area contributed by atoms with Crippen molar-refractivity contribution >= 4 is 37.5 Å². The molecule has 1 aliphatic rings. The quantitative estimate of drug-likeness (QED) is 0.801. The minimum atomic E-state index is 0.225. The highest BCUT2D eigenvalue weighted by atomic mass is 79.9. The molecule has 0 fully saturated rings. The van der Waals surface area contributed by atoms with Gasteiger partial charge < -0.3 is 15.2 Å². The molecular formula is C15H13Br2NO2. The molecule has 1 aliphatic heterocycles. The van der Waals surface area contributed by atoms with Crippen LogP contribution in [0.2, 0.25) is 0 Å². The zero-order valence-corrected chi connectivity index (χ0v) is 13.8. The highest BCUT2D eigenvalue weighted by Crippen LogP contribution is 2.34. The molecular weight excluding hydrogens is 386 g/mol. The molecule has 2 aromatic rings. The van der Waals surface area contributed by atoms with Crippen LogP contribution in [0.1, 0.15) is 11.1 Å². The van der Waals surface area contributed by atoms with Crippen molar-refractivity contribution in [3.63, 3.8) is 0 Å². The van der Waals surface area contributed by atoms with Gasteiger partial charge in [-0.05, 0) is 73.3 Å². The fraction of sp³-hybridized carbons (Fsp3) is 0.200. The van der Waals surface area contributed by atoms with E-state index in [1.54, 1.807) is 0 Å². The van der Waals surface area contributed by atoms with Crippen LogP contribution >= 0.6 is 31.9 Å². The van der Waals surface area contributed by atoms with Crippen LogP contribution < -0.4 is 10.1 Å². The molecule has 0 radical (unpaired) electrons. The van der Waals surface area contributed by atoms with Gasteiger partial charge in [0, 0.05) is 18.7 Å². The Morgan fingerprint density at radius 2 is 1.90 bits per heavy atom. The van der Waals surface area contributed by atoms with E-state index < -0.39 is 0 Å². The number of ether oxygens (including phenoxy) is 1. The second-order valence-corrected chi connectivity index (χ2v) is 6.39. The van der Waals surface area contributed by atoms with Crippen molar-refractivity contribution in [1.82, 2.24) is 0 Å². The lowest BCUT2D eigenvalue weighted by molar-refractivity contribution is 0.357. The van der Waals surface area contributed by atoms with Gasteiger partial charge in [0.1, 0.15) is 11.5 Å². The maximum atomic E-state index is 9.69. The zero-order chi connectivity index (χ0) is 14.1. The predicted octanol–water partition coefficient (Wildman–Crippen LogP) is 4.46. The van der Waals surface area contributed by atoms with E-state index in [2.05, 4.69) is 43.2 Å². The summed E-state index contributed by atoms with van der Waals surface area (Å²) in [4.78, 5) is 0. The fourth-order valence-electron chi connectivity index (χ4n) is 2.22. The lowest BCUT2D eigenvalue weighted by Crippen LogP contribution is -2.00. The molecule has 1 heterocycles. The van der Waals surface area contributed by atoms with Crippen LogP contribution in [0, 0.1) is 0 Å². The smallest absolute Gasteiger partial charge is 0.143 e. The standard InChI is InChI=1S/C15H13Br2NO2/c16-12-5-9(6-13(17)15(12)19)8-18-11-1-2-14-10(7-11)3-4-20-14/h1-2,5-7,18-19H,3-4,8H2. The first kappa shape index (κ1) is 13.8. The number of hydrogen-bond acceptors (Lipinski definition) is 3. The molecule has 0 spiro atoms. The molecule has 2 aromatic carbocycles. The maximum absolute atomic E-state index is 9.69. The van der Waals surface area contributed by atoms with Crippen molar-refractivity contribution < 1.29 is 9.84 Å². The SMILES string of the molecule is Oc1c(Br)cc(CNc2ccc3c(c2)CCO3)cc1Br. The molecule has 20 heavy (non-hydrogen) atoms. The Hall–Kier alpha value is -1.20. The minimum absolute atomic E-state index is 0.225. The normalized spacial score (nSPS) is 12.9. The Kier molecular flexibility index (Phi) is 3.89. The van der Waals surface area contributed by atoms with Crippen molar-refractivity contribution in [1.29, 1.82) is 0 Å². The first-order chi connectivity index (χ1) is 9.63. The van der Waals surface area contributed by atoms with Gasteiger partial charge in [0.15, 0.2) is 0 Å². The van der Waals surface area contributed by atoms with Crippen LogP contribution in [0.3, 0.4) is 0 Å². The Bertz CT molecular complexity index is 635. The van der Waals surface area contributed by atoms with E-state index in [1.165, 1.54) is 5.56 Å². The lowest BCUT2D eigenvalue weighted by atomic mass is 10.1. The van der Waals surface area contributed by atoms with Crippen LogP contribution in [0.5, 0.6) is 11.5 Å². The summed E-state index contributed by atoms with van der Waals surface area (Å²) in [6.45, 7) is 1.47. The number of benzene rings is 2. The number of phenols is 1. The first-order valence-electron chi connectivity index (χ1n) is 6.30. The van der Waals surface area contributed by atoms with E-state index in [1.807, 2.05) is 24.3 Å². The number of anilines is 1. The second-order valence-electron chi connectivity index (χ2n) is 4.68. The van der Waals surface area contributed by atoms with Gasteiger partial charge in [-0.1, -0.05) is 0 Å².